The van der Waals surface area contributed by atoms with E-state index in [4.69, 9.17) is 9.84 Å². The van der Waals surface area contributed by atoms with Crippen LogP contribution in [0.4, 0.5) is 0 Å². The number of aliphatic carboxylic acids is 1. The molecule has 0 heterocycles. The van der Waals surface area contributed by atoms with Crippen LogP contribution >= 0.6 is 12.6 Å². The summed E-state index contributed by atoms with van der Waals surface area (Å²) in [6.45, 7) is 9.77. The van der Waals surface area contributed by atoms with E-state index in [-0.39, 0.29) is 18.9 Å². The Balaban J connectivity index is 2.80. The molecule has 0 saturated carbocycles. The number of hydrogen-bond acceptors (Lipinski definition) is 5. The number of esters is 1. The van der Waals surface area contributed by atoms with E-state index < -0.39 is 11.6 Å². The molecule has 0 atom stereocenters. The fourth-order valence-corrected chi connectivity index (χ4v) is 2.58. The van der Waals surface area contributed by atoms with Gasteiger partial charge in [0.05, 0.1) is 13.0 Å². The normalized spacial score (nSPS) is 11.4. The van der Waals surface area contributed by atoms with E-state index >= 15 is 0 Å². The van der Waals surface area contributed by atoms with Gasteiger partial charge in [-0.1, -0.05) is 0 Å². The maximum Gasteiger partial charge on any atom is 0.320 e. The van der Waals surface area contributed by atoms with E-state index in [1.54, 1.807) is 0 Å². The van der Waals surface area contributed by atoms with Crippen molar-refractivity contribution in [2.24, 2.45) is 0 Å². The number of nitrogens with one attached hydrogen (secondary N) is 1. The first-order valence-corrected chi connectivity index (χ1v) is 7.91. The summed E-state index contributed by atoms with van der Waals surface area (Å²) in [4.78, 5) is 23.5. The second-order valence-corrected chi connectivity index (χ2v) is 7.03. The molecular formula is C17H25NO4S. The van der Waals surface area contributed by atoms with Crippen molar-refractivity contribution >= 4 is 24.6 Å². The molecule has 1 rings (SSSR count). The van der Waals surface area contributed by atoms with E-state index in [0.29, 0.717) is 6.54 Å². The van der Waals surface area contributed by atoms with Gasteiger partial charge in [-0.3, -0.25) is 9.59 Å². The lowest BCUT2D eigenvalue weighted by Crippen LogP contribution is -2.31. The molecule has 0 spiro atoms. The summed E-state index contributed by atoms with van der Waals surface area (Å²) in [7, 11) is 0. The Morgan fingerprint density at radius 1 is 1.26 bits per heavy atom. The SMILES string of the molecule is Cc1c(S)cc(CNCC(=O)OC(C)(C)C)c(C)c1CC(=O)O. The Labute approximate surface area is 142 Å². The Hall–Kier alpha value is -1.53. The number of carboxylic acid groups (broad SMARTS) is 1. The Morgan fingerprint density at radius 2 is 1.87 bits per heavy atom. The van der Waals surface area contributed by atoms with Crippen molar-refractivity contribution < 1.29 is 19.4 Å². The third kappa shape index (κ3) is 6.23. The summed E-state index contributed by atoms with van der Waals surface area (Å²) in [5.74, 6) is -1.19. The van der Waals surface area contributed by atoms with Gasteiger partial charge in [-0.2, -0.15) is 0 Å². The van der Waals surface area contributed by atoms with Crippen LogP contribution in [0, 0.1) is 13.8 Å². The number of thiol groups is 1. The highest BCUT2D eigenvalue weighted by Gasteiger charge is 2.17. The van der Waals surface area contributed by atoms with Crippen molar-refractivity contribution in [1.82, 2.24) is 5.32 Å². The van der Waals surface area contributed by atoms with Crippen LogP contribution in [-0.2, 0) is 27.3 Å². The first-order chi connectivity index (χ1) is 10.5. The highest BCUT2D eigenvalue weighted by Crippen LogP contribution is 2.25. The summed E-state index contributed by atoms with van der Waals surface area (Å²) in [5.41, 5.74) is 2.99. The number of carboxylic acids is 1. The second kappa shape index (κ2) is 7.84. The standard InChI is InChI=1S/C17H25NO4S/c1-10-12(8-18-9-16(21)22-17(3,4)5)6-14(23)11(2)13(10)7-15(19)20/h6,18,23H,7-9H2,1-5H3,(H,19,20). The molecule has 128 valence electrons. The molecule has 0 amide bonds. The van der Waals surface area contributed by atoms with Gasteiger partial charge in [0.1, 0.15) is 5.60 Å². The molecular weight excluding hydrogens is 314 g/mol. The predicted molar refractivity (Wildman–Crippen MR) is 92.1 cm³/mol. The molecule has 0 bridgehead atoms. The molecule has 5 nitrogen and oxygen atoms in total. The number of hydrogen-bond donors (Lipinski definition) is 3. The molecule has 6 heteroatoms. The van der Waals surface area contributed by atoms with Crippen molar-refractivity contribution in [3.05, 3.63) is 28.3 Å². The Morgan fingerprint density at radius 3 is 2.39 bits per heavy atom. The van der Waals surface area contributed by atoms with Crippen LogP contribution in [0.15, 0.2) is 11.0 Å². The summed E-state index contributed by atoms with van der Waals surface area (Å²) >= 11 is 4.41. The third-order valence-corrected chi connectivity index (χ3v) is 3.88. The lowest BCUT2D eigenvalue weighted by Gasteiger charge is -2.20. The van der Waals surface area contributed by atoms with Crippen molar-refractivity contribution in [3.63, 3.8) is 0 Å². The molecule has 2 N–H and O–H groups in total. The van der Waals surface area contributed by atoms with Gasteiger partial charge in [0.15, 0.2) is 0 Å². The van der Waals surface area contributed by atoms with Crippen LogP contribution in [0.2, 0.25) is 0 Å². The number of rotatable bonds is 6. The molecule has 1 aromatic rings. The van der Waals surface area contributed by atoms with Crippen LogP contribution in [0.5, 0.6) is 0 Å². The van der Waals surface area contributed by atoms with Crippen molar-refractivity contribution in [3.8, 4) is 0 Å². The summed E-state index contributed by atoms with van der Waals surface area (Å²) in [5, 5.41) is 12.1. The minimum Gasteiger partial charge on any atom is -0.481 e. The first kappa shape index (κ1) is 19.5. The molecule has 0 aliphatic heterocycles. The maximum absolute atomic E-state index is 11.7. The van der Waals surface area contributed by atoms with Crippen LogP contribution in [0.1, 0.15) is 43.0 Å². The quantitative estimate of drug-likeness (QED) is 0.549. The van der Waals surface area contributed by atoms with Gasteiger partial charge in [0.2, 0.25) is 0 Å². The number of benzene rings is 1. The van der Waals surface area contributed by atoms with Crippen LogP contribution in [0.25, 0.3) is 0 Å². The average molecular weight is 339 g/mol. The van der Waals surface area contributed by atoms with Gasteiger partial charge in [-0.15, -0.1) is 12.6 Å². The smallest absolute Gasteiger partial charge is 0.320 e. The van der Waals surface area contributed by atoms with Gasteiger partial charge in [-0.25, -0.2) is 0 Å². The van der Waals surface area contributed by atoms with Crippen LogP contribution < -0.4 is 5.32 Å². The summed E-state index contributed by atoms with van der Waals surface area (Å²) < 4.78 is 5.23. The van der Waals surface area contributed by atoms with E-state index in [2.05, 4.69) is 17.9 Å². The lowest BCUT2D eigenvalue weighted by atomic mass is 9.95. The zero-order chi connectivity index (χ0) is 17.8. The van der Waals surface area contributed by atoms with E-state index in [1.807, 2.05) is 40.7 Å². The van der Waals surface area contributed by atoms with Crippen molar-refractivity contribution in [2.45, 2.75) is 58.1 Å². The van der Waals surface area contributed by atoms with E-state index in [9.17, 15) is 9.59 Å². The fraction of sp³-hybridized carbons (Fsp3) is 0.529. The fourth-order valence-electron chi connectivity index (χ4n) is 2.29. The highest BCUT2D eigenvalue weighted by atomic mass is 32.1. The van der Waals surface area contributed by atoms with Gasteiger partial charge in [0.25, 0.3) is 0 Å². The van der Waals surface area contributed by atoms with E-state index in [0.717, 1.165) is 27.1 Å². The maximum atomic E-state index is 11.7. The Bertz CT molecular complexity index is 606. The zero-order valence-electron chi connectivity index (χ0n) is 14.3. The average Bonchev–Trinajstić information content (AvgIpc) is 2.38. The molecule has 0 unspecified atom stereocenters. The summed E-state index contributed by atoms with van der Waals surface area (Å²) in [6.07, 6.45) is -0.0366. The third-order valence-electron chi connectivity index (χ3n) is 3.41. The van der Waals surface area contributed by atoms with Gasteiger partial charge in [0, 0.05) is 11.4 Å². The predicted octanol–water partition coefficient (Wildman–Crippen LogP) is 2.65. The topological polar surface area (TPSA) is 75.6 Å². The molecule has 0 saturated heterocycles. The summed E-state index contributed by atoms with van der Waals surface area (Å²) in [6, 6.07) is 1.90. The molecule has 0 aliphatic rings. The molecule has 0 aliphatic carbocycles. The Kier molecular flexibility index (Phi) is 6.65. The van der Waals surface area contributed by atoms with E-state index in [1.165, 1.54) is 0 Å². The second-order valence-electron chi connectivity index (χ2n) is 6.54. The molecule has 23 heavy (non-hydrogen) atoms. The monoisotopic (exact) mass is 339 g/mol. The minimum atomic E-state index is -0.872. The lowest BCUT2D eigenvalue weighted by molar-refractivity contribution is -0.153. The van der Waals surface area contributed by atoms with Crippen LogP contribution in [-0.4, -0.2) is 29.2 Å². The molecule has 0 radical (unpaired) electrons. The van der Waals surface area contributed by atoms with Crippen molar-refractivity contribution in [2.75, 3.05) is 6.54 Å². The molecule has 0 aromatic heterocycles. The number of carbonyl (C=O) groups excluding carboxylic acids is 1. The molecule has 0 fully saturated rings. The van der Waals surface area contributed by atoms with Gasteiger partial charge in [-0.05, 0) is 62.9 Å². The zero-order valence-corrected chi connectivity index (χ0v) is 15.2. The number of ether oxygens (including phenoxy) is 1. The van der Waals surface area contributed by atoms with Gasteiger partial charge < -0.3 is 15.2 Å². The largest absolute Gasteiger partial charge is 0.481 e. The van der Waals surface area contributed by atoms with Gasteiger partial charge >= 0.3 is 11.9 Å². The first-order valence-electron chi connectivity index (χ1n) is 7.46. The van der Waals surface area contributed by atoms with Crippen LogP contribution in [0.3, 0.4) is 0 Å². The number of carbonyl (C=O) groups is 2. The minimum absolute atomic E-state index is 0.0366. The molecule has 1 aromatic carbocycles. The highest BCUT2D eigenvalue weighted by molar-refractivity contribution is 7.80. The van der Waals surface area contributed by atoms with Crippen molar-refractivity contribution in [1.29, 1.82) is 0 Å².